The van der Waals surface area contributed by atoms with Crippen LogP contribution in [0, 0.1) is 0 Å². The zero-order valence-corrected chi connectivity index (χ0v) is 24.1. The summed E-state index contributed by atoms with van der Waals surface area (Å²) >= 11 is 0. The first kappa shape index (κ1) is 28.7. The lowest BCUT2D eigenvalue weighted by molar-refractivity contribution is -0.143. The molecule has 1 N–H and O–H groups in total. The van der Waals surface area contributed by atoms with Gasteiger partial charge in [0.05, 0.1) is 16.2 Å². The number of sulfonamides is 1. The van der Waals surface area contributed by atoms with Crippen molar-refractivity contribution in [3.05, 3.63) is 77.9 Å². The summed E-state index contributed by atoms with van der Waals surface area (Å²) in [5.41, 5.74) is -1.38. The van der Waals surface area contributed by atoms with E-state index in [1.165, 1.54) is 38.4 Å². The molecule has 10 nitrogen and oxygen atoms in total. The molecule has 1 spiro atoms. The smallest absolute Gasteiger partial charge is 0.296 e. The minimum Gasteiger partial charge on any atom is -0.507 e. The van der Waals surface area contributed by atoms with Gasteiger partial charge in [-0.2, -0.15) is 4.31 Å². The molecule has 5 rings (SSSR count). The molecule has 0 aliphatic carbocycles. The minimum atomic E-state index is -3.85. The third kappa shape index (κ3) is 4.48. The summed E-state index contributed by atoms with van der Waals surface area (Å²) in [4.78, 5) is 46.2. The van der Waals surface area contributed by atoms with Crippen LogP contribution in [0.1, 0.15) is 30.4 Å². The molecular weight excluding hydrogens is 544 g/mol. The van der Waals surface area contributed by atoms with Gasteiger partial charge in [0.2, 0.25) is 10.0 Å². The van der Waals surface area contributed by atoms with E-state index < -0.39 is 38.9 Å². The largest absolute Gasteiger partial charge is 0.507 e. The van der Waals surface area contributed by atoms with Gasteiger partial charge in [-0.25, -0.2) is 8.42 Å². The number of piperidine rings is 1. The van der Waals surface area contributed by atoms with Crippen LogP contribution in [0.25, 0.3) is 5.76 Å². The Morgan fingerprint density at radius 2 is 1.76 bits per heavy atom. The lowest BCUT2D eigenvalue weighted by Crippen LogP contribution is -2.53. The highest BCUT2D eigenvalue weighted by Crippen LogP contribution is 2.53. The van der Waals surface area contributed by atoms with E-state index in [1.807, 2.05) is 19.0 Å². The molecule has 3 aliphatic rings. The number of carbonyl (C=O) groups excluding carboxylic acids is 3. The molecule has 0 bridgehead atoms. The molecule has 2 amide bonds. The summed E-state index contributed by atoms with van der Waals surface area (Å²) in [5, 5.41) is 11.8. The third-order valence-electron chi connectivity index (χ3n) is 7.95. The number of para-hydroxylation sites is 1. The zero-order valence-electron chi connectivity index (χ0n) is 23.2. The van der Waals surface area contributed by atoms with Gasteiger partial charge in [0.15, 0.2) is 5.54 Å². The number of rotatable bonds is 8. The first-order valence-corrected chi connectivity index (χ1v) is 15.1. The van der Waals surface area contributed by atoms with E-state index in [2.05, 4.69) is 6.58 Å². The van der Waals surface area contributed by atoms with Crippen LogP contribution in [-0.2, 0) is 29.9 Å². The highest BCUT2D eigenvalue weighted by molar-refractivity contribution is 7.89. The Bertz CT molecular complexity index is 1560. The maximum atomic E-state index is 14.4. The fraction of sp³-hybridized carbons (Fsp3) is 0.367. The normalized spacial score (nSPS) is 22.7. The van der Waals surface area contributed by atoms with Crippen LogP contribution in [0.4, 0.5) is 5.69 Å². The molecule has 3 aliphatic heterocycles. The summed E-state index contributed by atoms with van der Waals surface area (Å²) in [6.07, 6.45) is 4.03. The second-order valence-electron chi connectivity index (χ2n) is 10.7. The van der Waals surface area contributed by atoms with Crippen LogP contribution < -0.4 is 4.90 Å². The molecular formula is C30H34N4O6S. The van der Waals surface area contributed by atoms with Gasteiger partial charge in [0.1, 0.15) is 5.76 Å². The van der Waals surface area contributed by atoms with Crippen LogP contribution in [0.2, 0.25) is 0 Å². The van der Waals surface area contributed by atoms with Crippen LogP contribution >= 0.6 is 0 Å². The number of hydrogen-bond acceptors (Lipinski definition) is 7. The SMILES string of the molecule is C=CCN1C(=O)C2(/C(=C(\O)c3cccc(S(=O)(=O)N4CCCCC4)c3)C(=O)C(=O)N2CCN(C)C)c2ccccc21. The Hall–Kier alpha value is -3.80. The number of ketones is 1. The van der Waals surface area contributed by atoms with Crippen LogP contribution in [0.3, 0.4) is 0 Å². The first-order valence-electron chi connectivity index (χ1n) is 13.6. The van der Waals surface area contributed by atoms with Crippen molar-refractivity contribution in [1.29, 1.82) is 0 Å². The Morgan fingerprint density at radius 1 is 1.05 bits per heavy atom. The fourth-order valence-electron chi connectivity index (χ4n) is 5.98. The number of Topliss-reactive ketones (excluding diaryl/α,β-unsaturated/α-hetero) is 1. The number of benzene rings is 2. The van der Waals surface area contributed by atoms with Gasteiger partial charge in [-0.15, -0.1) is 6.58 Å². The first-order chi connectivity index (χ1) is 19.6. The van der Waals surface area contributed by atoms with Gasteiger partial charge < -0.3 is 19.8 Å². The van der Waals surface area contributed by atoms with E-state index in [4.69, 9.17) is 0 Å². The number of anilines is 1. The number of aliphatic hydroxyl groups excluding tert-OH is 1. The molecule has 41 heavy (non-hydrogen) atoms. The number of amides is 2. The van der Waals surface area contributed by atoms with E-state index in [1.54, 1.807) is 30.3 Å². The van der Waals surface area contributed by atoms with Gasteiger partial charge in [-0.3, -0.25) is 14.4 Å². The highest BCUT2D eigenvalue weighted by atomic mass is 32.2. The Morgan fingerprint density at radius 3 is 2.44 bits per heavy atom. The Kier molecular flexibility index (Phi) is 7.62. The number of carbonyl (C=O) groups is 3. The number of aliphatic hydroxyl groups is 1. The number of likely N-dealkylation sites (N-methyl/N-ethyl adjacent to an activating group) is 1. The van der Waals surface area contributed by atoms with Crippen molar-refractivity contribution in [2.24, 2.45) is 0 Å². The van der Waals surface area contributed by atoms with E-state index in [-0.39, 0.29) is 29.1 Å². The van der Waals surface area contributed by atoms with E-state index in [0.717, 1.165) is 19.3 Å². The van der Waals surface area contributed by atoms with Gasteiger partial charge >= 0.3 is 0 Å². The Labute approximate surface area is 240 Å². The van der Waals surface area contributed by atoms with E-state index in [9.17, 15) is 27.9 Å². The molecule has 0 radical (unpaired) electrons. The van der Waals surface area contributed by atoms with Gasteiger partial charge in [-0.05, 0) is 45.1 Å². The molecule has 1 atom stereocenters. The van der Waals surface area contributed by atoms with Crippen molar-refractivity contribution in [3.63, 3.8) is 0 Å². The summed E-state index contributed by atoms with van der Waals surface area (Å²) in [6, 6.07) is 12.6. The van der Waals surface area contributed by atoms with Gasteiger partial charge in [-0.1, -0.05) is 42.8 Å². The lowest BCUT2D eigenvalue weighted by Gasteiger charge is -2.35. The molecule has 216 valence electrons. The molecule has 3 heterocycles. The van der Waals surface area contributed by atoms with E-state index >= 15 is 0 Å². The van der Waals surface area contributed by atoms with Crippen molar-refractivity contribution in [3.8, 4) is 0 Å². The molecule has 2 aromatic rings. The number of fused-ring (bicyclic) bond motifs is 2. The van der Waals surface area contributed by atoms with Crippen molar-refractivity contribution in [1.82, 2.24) is 14.1 Å². The topological polar surface area (TPSA) is 119 Å². The summed E-state index contributed by atoms with van der Waals surface area (Å²) in [5.74, 6) is -3.08. The maximum Gasteiger partial charge on any atom is 0.296 e. The molecule has 1 unspecified atom stereocenters. The molecule has 2 fully saturated rings. The molecule has 0 aromatic heterocycles. The molecule has 2 aromatic carbocycles. The predicted molar refractivity (Wildman–Crippen MR) is 155 cm³/mol. The second-order valence-corrected chi connectivity index (χ2v) is 12.7. The third-order valence-corrected chi connectivity index (χ3v) is 9.85. The van der Waals surface area contributed by atoms with Crippen LogP contribution in [0.5, 0.6) is 0 Å². The van der Waals surface area contributed by atoms with Crippen molar-refractivity contribution >= 4 is 39.1 Å². The molecule has 0 saturated carbocycles. The predicted octanol–water partition coefficient (Wildman–Crippen LogP) is 2.53. The van der Waals surface area contributed by atoms with Gasteiger partial charge in [0, 0.05) is 43.9 Å². The van der Waals surface area contributed by atoms with Crippen molar-refractivity contribution < 1.29 is 27.9 Å². The number of nitrogens with zero attached hydrogens (tertiary/aromatic N) is 4. The van der Waals surface area contributed by atoms with Gasteiger partial charge in [0.25, 0.3) is 17.6 Å². The second kappa shape index (κ2) is 10.9. The van der Waals surface area contributed by atoms with E-state index in [0.29, 0.717) is 30.9 Å². The standard InChI is InChI=1S/C30H34N4O6S/c1-4-15-33-24-14-7-6-13-23(24)30(29(33)38)25(27(36)28(37)34(30)19-18-31(2)3)26(35)21-11-10-12-22(20-21)41(39,40)32-16-8-5-9-17-32/h4,6-7,10-14,20,35H,1,5,8-9,15-19H2,2-3H3/b26-25-. The minimum absolute atomic E-state index is 0.0283. The average Bonchev–Trinajstić information content (AvgIpc) is 3.35. The Balaban J connectivity index is 1.73. The molecule has 2 saturated heterocycles. The maximum absolute atomic E-state index is 14.4. The summed E-state index contributed by atoms with van der Waals surface area (Å²) < 4.78 is 28.2. The van der Waals surface area contributed by atoms with Crippen molar-refractivity contribution in [2.45, 2.75) is 29.7 Å². The zero-order chi connectivity index (χ0) is 29.5. The monoisotopic (exact) mass is 578 g/mol. The van der Waals surface area contributed by atoms with Crippen LogP contribution in [0.15, 0.2) is 71.7 Å². The quantitative estimate of drug-likeness (QED) is 0.221. The number of likely N-dealkylation sites (tertiary alicyclic amines) is 1. The lowest BCUT2D eigenvalue weighted by atomic mass is 9.82. The average molecular weight is 579 g/mol. The highest BCUT2D eigenvalue weighted by Gasteiger charge is 2.66. The molecule has 11 heteroatoms. The van der Waals surface area contributed by atoms with Crippen molar-refractivity contribution in [2.75, 3.05) is 51.7 Å². The fourth-order valence-corrected chi connectivity index (χ4v) is 7.54. The summed E-state index contributed by atoms with van der Waals surface area (Å²) in [6.45, 7) is 5.09. The van der Waals surface area contributed by atoms with Crippen LogP contribution in [-0.4, -0.2) is 92.0 Å². The summed E-state index contributed by atoms with van der Waals surface area (Å²) in [7, 11) is -0.229. The number of hydrogen-bond donors (Lipinski definition) is 1.